The maximum absolute atomic E-state index is 2.55. The summed E-state index contributed by atoms with van der Waals surface area (Å²) in [7, 11) is 0. The van der Waals surface area contributed by atoms with Crippen LogP contribution in [0.5, 0.6) is 0 Å². The minimum atomic E-state index is 0.705. The van der Waals surface area contributed by atoms with Crippen molar-refractivity contribution in [2.75, 3.05) is 0 Å². The number of rotatable bonds is 1. The minimum Gasteiger partial charge on any atom is -0.0805 e. The van der Waals surface area contributed by atoms with Crippen LogP contribution in [-0.4, -0.2) is 0 Å². The first kappa shape index (κ1) is 11.0. The van der Waals surface area contributed by atoms with Gasteiger partial charge < -0.3 is 0 Å². The highest BCUT2D eigenvalue weighted by molar-refractivity contribution is 5.38. The van der Waals surface area contributed by atoms with Gasteiger partial charge in [-0.15, -0.1) is 0 Å². The number of hydrogen-bond acceptors (Lipinski definition) is 0. The van der Waals surface area contributed by atoms with Crippen molar-refractivity contribution >= 4 is 0 Å². The van der Waals surface area contributed by atoms with Gasteiger partial charge in [0.05, 0.1) is 0 Å². The zero-order valence-corrected chi connectivity index (χ0v) is 10.6. The molecule has 0 aromatic carbocycles. The van der Waals surface area contributed by atoms with E-state index in [9.17, 15) is 0 Å². The van der Waals surface area contributed by atoms with Crippen molar-refractivity contribution in [2.45, 2.75) is 47.0 Å². The molecule has 2 aliphatic carbocycles. The molecule has 0 aliphatic heterocycles. The summed E-state index contributed by atoms with van der Waals surface area (Å²) < 4.78 is 0. The molecule has 0 amide bonds. The van der Waals surface area contributed by atoms with E-state index >= 15 is 0 Å². The molecule has 0 saturated heterocycles. The molecule has 0 fully saturated rings. The summed E-state index contributed by atoms with van der Waals surface area (Å²) in [5, 5.41) is 0. The summed E-state index contributed by atoms with van der Waals surface area (Å²) >= 11 is 0. The third-order valence-electron chi connectivity index (χ3n) is 4.15. The summed E-state index contributed by atoms with van der Waals surface area (Å²) in [4.78, 5) is 0. The molecule has 0 saturated carbocycles. The predicted molar refractivity (Wildman–Crippen MR) is 66.7 cm³/mol. The second-order valence-electron chi connectivity index (χ2n) is 5.81. The standard InChI is InChI=1S/C15H24/c1-10(2)13-8-6-12(4)14-7-5-11(3)9-15(13)14/h8-12,14H,5-7H2,1-4H3/t11?,12-,14?/m0/s1. The Balaban J connectivity index is 2.34. The Kier molecular flexibility index (Phi) is 3.04. The molecule has 0 spiro atoms. The van der Waals surface area contributed by atoms with E-state index < -0.39 is 0 Å². The van der Waals surface area contributed by atoms with Crippen LogP contribution in [0.1, 0.15) is 47.0 Å². The average molecular weight is 204 g/mol. The zero-order valence-electron chi connectivity index (χ0n) is 10.6. The van der Waals surface area contributed by atoms with Gasteiger partial charge in [0.25, 0.3) is 0 Å². The van der Waals surface area contributed by atoms with Gasteiger partial charge in [-0.2, -0.15) is 0 Å². The number of allylic oxidation sites excluding steroid dienone is 4. The molecule has 3 atom stereocenters. The van der Waals surface area contributed by atoms with Crippen LogP contribution in [0.25, 0.3) is 0 Å². The van der Waals surface area contributed by atoms with Gasteiger partial charge in [0.15, 0.2) is 0 Å². The summed E-state index contributed by atoms with van der Waals surface area (Å²) in [6, 6.07) is 0. The van der Waals surface area contributed by atoms with E-state index in [2.05, 4.69) is 39.8 Å². The van der Waals surface area contributed by atoms with Crippen LogP contribution >= 0.6 is 0 Å². The van der Waals surface area contributed by atoms with Crippen molar-refractivity contribution in [2.24, 2.45) is 23.7 Å². The van der Waals surface area contributed by atoms with Gasteiger partial charge in [0.2, 0.25) is 0 Å². The van der Waals surface area contributed by atoms with E-state index in [1.165, 1.54) is 19.3 Å². The fourth-order valence-electron chi connectivity index (χ4n) is 3.18. The Labute approximate surface area is 94.5 Å². The molecule has 15 heavy (non-hydrogen) atoms. The van der Waals surface area contributed by atoms with Crippen molar-refractivity contribution in [3.05, 3.63) is 23.3 Å². The SMILES string of the molecule is CC1C=C2C(C(C)C)=CC[C@H](C)C2CC1. The molecule has 84 valence electrons. The van der Waals surface area contributed by atoms with Gasteiger partial charge in [0, 0.05) is 0 Å². The van der Waals surface area contributed by atoms with E-state index in [1.807, 2.05) is 0 Å². The molecule has 0 aromatic heterocycles. The van der Waals surface area contributed by atoms with E-state index in [-0.39, 0.29) is 0 Å². The lowest BCUT2D eigenvalue weighted by Crippen LogP contribution is -2.25. The van der Waals surface area contributed by atoms with Crippen molar-refractivity contribution in [3.63, 3.8) is 0 Å². The van der Waals surface area contributed by atoms with Gasteiger partial charge in [-0.1, -0.05) is 39.8 Å². The third-order valence-corrected chi connectivity index (χ3v) is 4.15. The molecular weight excluding hydrogens is 180 g/mol. The van der Waals surface area contributed by atoms with Gasteiger partial charge in [-0.05, 0) is 54.1 Å². The molecule has 0 nitrogen and oxygen atoms in total. The maximum Gasteiger partial charge on any atom is -0.0133 e. The lowest BCUT2D eigenvalue weighted by Gasteiger charge is -2.37. The first-order chi connectivity index (χ1) is 7.09. The molecule has 0 heterocycles. The Hall–Kier alpha value is -0.520. The van der Waals surface area contributed by atoms with E-state index in [0.717, 1.165) is 17.8 Å². The second-order valence-corrected chi connectivity index (χ2v) is 5.81. The molecule has 2 aliphatic rings. The minimum absolute atomic E-state index is 0.705. The fraction of sp³-hybridized carbons (Fsp3) is 0.733. The van der Waals surface area contributed by atoms with Crippen molar-refractivity contribution < 1.29 is 0 Å². The molecule has 0 N–H and O–H groups in total. The number of hydrogen-bond donors (Lipinski definition) is 0. The highest BCUT2D eigenvalue weighted by Gasteiger charge is 2.31. The van der Waals surface area contributed by atoms with E-state index in [0.29, 0.717) is 5.92 Å². The van der Waals surface area contributed by atoms with Crippen LogP contribution in [0.15, 0.2) is 23.3 Å². The monoisotopic (exact) mass is 204 g/mol. The van der Waals surface area contributed by atoms with E-state index in [1.54, 1.807) is 11.1 Å². The highest BCUT2D eigenvalue weighted by Crippen LogP contribution is 2.43. The number of fused-ring (bicyclic) bond motifs is 1. The Morgan fingerprint density at radius 3 is 2.60 bits per heavy atom. The molecule has 0 aromatic rings. The maximum atomic E-state index is 2.55. The van der Waals surface area contributed by atoms with Crippen molar-refractivity contribution in [1.29, 1.82) is 0 Å². The van der Waals surface area contributed by atoms with Gasteiger partial charge >= 0.3 is 0 Å². The van der Waals surface area contributed by atoms with Crippen LogP contribution < -0.4 is 0 Å². The topological polar surface area (TPSA) is 0 Å². The zero-order chi connectivity index (χ0) is 11.0. The van der Waals surface area contributed by atoms with Crippen LogP contribution in [0.3, 0.4) is 0 Å². The van der Waals surface area contributed by atoms with Gasteiger partial charge in [0.1, 0.15) is 0 Å². The Bertz CT molecular complexity index is 293. The van der Waals surface area contributed by atoms with E-state index in [4.69, 9.17) is 0 Å². The fourth-order valence-corrected chi connectivity index (χ4v) is 3.18. The summed E-state index contributed by atoms with van der Waals surface area (Å²) in [5.41, 5.74) is 3.34. The summed E-state index contributed by atoms with van der Waals surface area (Å²) in [6.45, 7) is 9.44. The normalized spacial score (nSPS) is 35.9. The predicted octanol–water partition coefficient (Wildman–Crippen LogP) is 4.58. The first-order valence-electron chi connectivity index (χ1n) is 6.51. The van der Waals surface area contributed by atoms with Crippen molar-refractivity contribution in [1.82, 2.24) is 0 Å². The van der Waals surface area contributed by atoms with Crippen LogP contribution in [-0.2, 0) is 0 Å². The lowest BCUT2D eigenvalue weighted by molar-refractivity contribution is 0.331. The third kappa shape index (κ3) is 2.04. The summed E-state index contributed by atoms with van der Waals surface area (Å²) in [5.74, 6) is 3.23. The quantitative estimate of drug-likeness (QED) is 0.586. The Morgan fingerprint density at radius 1 is 1.20 bits per heavy atom. The average Bonchev–Trinajstić information content (AvgIpc) is 2.17. The van der Waals surface area contributed by atoms with Gasteiger partial charge in [-0.3, -0.25) is 0 Å². The molecule has 0 bridgehead atoms. The Morgan fingerprint density at radius 2 is 1.93 bits per heavy atom. The molecule has 2 unspecified atom stereocenters. The molecule has 0 heteroatoms. The van der Waals surface area contributed by atoms with Gasteiger partial charge in [-0.25, -0.2) is 0 Å². The molecule has 0 radical (unpaired) electrons. The summed E-state index contributed by atoms with van der Waals surface area (Å²) in [6.07, 6.45) is 9.15. The lowest BCUT2D eigenvalue weighted by atomic mass is 9.68. The highest BCUT2D eigenvalue weighted by atomic mass is 14.4. The van der Waals surface area contributed by atoms with Crippen LogP contribution in [0, 0.1) is 23.7 Å². The largest absolute Gasteiger partial charge is 0.0805 e. The molecule has 2 rings (SSSR count). The van der Waals surface area contributed by atoms with Crippen LogP contribution in [0.2, 0.25) is 0 Å². The molecular formula is C15H24. The smallest absolute Gasteiger partial charge is 0.0133 e. The van der Waals surface area contributed by atoms with Crippen molar-refractivity contribution in [3.8, 4) is 0 Å². The second kappa shape index (κ2) is 4.15. The first-order valence-corrected chi connectivity index (χ1v) is 6.51. The van der Waals surface area contributed by atoms with Crippen LogP contribution in [0.4, 0.5) is 0 Å².